The van der Waals surface area contributed by atoms with Crippen molar-refractivity contribution in [3.05, 3.63) is 58.7 Å². The van der Waals surface area contributed by atoms with Crippen LogP contribution < -0.4 is 16.0 Å². The second-order valence-corrected chi connectivity index (χ2v) is 12.3. The molecule has 0 saturated heterocycles. The van der Waals surface area contributed by atoms with Crippen molar-refractivity contribution >= 4 is 11.4 Å². The predicted octanol–water partition coefficient (Wildman–Crippen LogP) is 7.36. The summed E-state index contributed by atoms with van der Waals surface area (Å²) in [5.41, 5.74) is 8.47. The predicted molar refractivity (Wildman–Crippen MR) is 146 cm³/mol. The van der Waals surface area contributed by atoms with E-state index in [0.29, 0.717) is 17.6 Å². The maximum atomic E-state index is 4.12. The lowest BCUT2D eigenvalue weighted by Crippen LogP contribution is -2.58. The fourth-order valence-corrected chi connectivity index (χ4v) is 7.88. The van der Waals surface area contributed by atoms with E-state index in [1.165, 1.54) is 72.2 Å². The molecule has 3 N–H and O–H groups in total. The molecule has 0 spiro atoms. The van der Waals surface area contributed by atoms with E-state index in [0.717, 1.165) is 30.7 Å². The lowest BCUT2D eigenvalue weighted by molar-refractivity contribution is -0.0205. The molecule has 34 heavy (non-hydrogen) atoms. The number of rotatable bonds is 9. The van der Waals surface area contributed by atoms with Crippen LogP contribution in [-0.2, 0) is 6.54 Å². The van der Waals surface area contributed by atoms with Gasteiger partial charge in [0.25, 0.3) is 0 Å². The molecular formula is C31H45N3. The largest absolute Gasteiger partial charge is 0.382 e. The first kappa shape index (κ1) is 23.7. The topological polar surface area (TPSA) is 36.1 Å². The second kappa shape index (κ2) is 9.57. The van der Waals surface area contributed by atoms with Gasteiger partial charge in [0.05, 0.1) is 0 Å². The van der Waals surface area contributed by atoms with Crippen molar-refractivity contribution < 1.29 is 0 Å². The third-order valence-corrected chi connectivity index (χ3v) is 9.02. The van der Waals surface area contributed by atoms with Crippen LogP contribution in [0.3, 0.4) is 0 Å². The van der Waals surface area contributed by atoms with Gasteiger partial charge in [0.1, 0.15) is 0 Å². The molecule has 6 rings (SSSR count). The van der Waals surface area contributed by atoms with Crippen LogP contribution in [0.2, 0.25) is 0 Å². The number of benzene rings is 2. The number of aryl methyl sites for hydroxylation is 3. The molecule has 0 aromatic heterocycles. The van der Waals surface area contributed by atoms with E-state index in [4.69, 9.17) is 0 Å². The summed E-state index contributed by atoms with van der Waals surface area (Å²) in [4.78, 5) is 0. The molecule has 2 aromatic carbocycles. The number of nitrogens with one attached hydrogen (secondary N) is 3. The van der Waals surface area contributed by atoms with Gasteiger partial charge >= 0.3 is 0 Å². The highest BCUT2D eigenvalue weighted by atomic mass is 15.0. The number of hydrogen-bond acceptors (Lipinski definition) is 3. The Morgan fingerprint density at radius 1 is 0.735 bits per heavy atom. The third kappa shape index (κ3) is 5.00. The van der Waals surface area contributed by atoms with E-state index in [9.17, 15) is 0 Å². The summed E-state index contributed by atoms with van der Waals surface area (Å²) in [6.07, 6.45) is 9.81. The minimum atomic E-state index is 0.395. The smallest absolute Gasteiger partial charge is 0.0417 e. The maximum Gasteiger partial charge on any atom is 0.0417 e. The summed E-state index contributed by atoms with van der Waals surface area (Å²) in [6.45, 7) is 12.3. The molecule has 3 nitrogen and oxygen atoms in total. The summed E-state index contributed by atoms with van der Waals surface area (Å²) in [5.74, 6) is 2.96. The van der Waals surface area contributed by atoms with Crippen molar-refractivity contribution in [1.29, 1.82) is 0 Å². The quantitative estimate of drug-likeness (QED) is 0.366. The first-order valence-electron chi connectivity index (χ1n) is 13.7. The molecule has 4 saturated carbocycles. The minimum absolute atomic E-state index is 0.395. The van der Waals surface area contributed by atoms with Crippen molar-refractivity contribution in [3.63, 3.8) is 0 Å². The second-order valence-electron chi connectivity index (χ2n) is 12.3. The van der Waals surface area contributed by atoms with Crippen molar-refractivity contribution in [3.8, 4) is 0 Å². The molecule has 2 atom stereocenters. The van der Waals surface area contributed by atoms with Crippen molar-refractivity contribution in [1.82, 2.24) is 5.32 Å². The van der Waals surface area contributed by atoms with E-state index in [1.54, 1.807) is 0 Å². The molecule has 2 aromatic rings. The standard InChI is InChI=1S/C31H45N3/c1-20-8-6-9-21(2)29(20)33-23(4)12-24(5)34-30-22(3)10-7-11-28(30)19-32-31-16-25-13-26(17-31)15-27(14-25)18-31/h6-11,23-27,32-34H,12-19H2,1-5H3. The van der Waals surface area contributed by atoms with Crippen LogP contribution in [0.15, 0.2) is 36.4 Å². The third-order valence-electron chi connectivity index (χ3n) is 9.02. The monoisotopic (exact) mass is 459 g/mol. The number of hydrogen-bond donors (Lipinski definition) is 3. The molecule has 0 aliphatic heterocycles. The molecule has 2 unspecified atom stereocenters. The van der Waals surface area contributed by atoms with Crippen LogP contribution in [0.1, 0.15) is 81.0 Å². The molecule has 4 aliphatic carbocycles. The van der Waals surface area contributed by atoms with Gasteiger partial charge in [-0.3, -0.25) is 0 Å². The molecule has 4 bridgehead atoms. The van der Waals surface area contributed by atoms with E-state index < -0.39 is 0 Å². The summed E-state index contributed by atoms with van der Waals surface area (Å²) in [6, 6.07) is 14.1. The van der Waals surface area contributed by atoms with E-state index in [1.807, 2.05) is 0 Å². The zero-order chi connectivity index (χ0) is 23.9. The average molecular weight is 460 g/mol. The van der Waals surface area contributed by atoms with Gasteiger partial charge < -0.3 is 16.0 Å². The molecule has 0 radical (unpaired) electrons. The zero-order valence-corrected chi connectivity index (χ0v) is 22.0. The Labute approximate surface area is 207 Å². The van der Waals surface area contributed by atoms with Gasteiger partial charge in [0.15, 0.2) is 0 Å². The normalized spacial score (nSPS) is 29.1. The molecule has 0 amide bonds. The molecule has 4 aliphatic rings. The highest BCUT2D eigenvalue weighted by Crippen LogP contribution is 2.55. The van der Waals surface area contributed by atoms with Crippen LogP contribution in [0.4, 0.5) is 11.4 Å². The molecular weight excluding hydrogens is 414 g/mol. The Balaban J connectivity index is 1.22. The Morgan fingerprint density at radius 3 is 1.76 bits per heavy atom. The van der Waals surface area contributed by atoms with Crippen molar-refractivity contribution in [2.24, 2.45) is 17.8 Å². The van der Waals surface area contributed by atoms with Crippen molar-refractivity contribution in [2.75, 3.05) is 10.6 Å². The zero-order valence-electron chi connectivity index (χ0n) is 22.0. The van der Waals surface area contributed by atoms with Gasteiger partial charge in [0, 0.05) is 35.5 Å². The van der Waals surface area contributed by atoms with E-state index >= 15 is 0 Å². The van der Waals surface area contributed by atoms with Crippen LogP contribution in [0.5, 0.6) is 0 Å². The lowest BCUT2D eigenvalue weighted by atomic mass is 9.53. The minimum Gasteiger partial charge on any atom is -0.382 e. The molecule has 0 heterocycles. The molecule has 184 valence electrons. The summed E-state index contributed by atoms with van der Waals surface area (Å²) >= 11 is 0. The molecule has 3 heteroatoms. The average Bonchev–Trinajstić information content (AvgIpc) is 2.76. The summed E-state index contributed by atoms with van der Waals surface area (Å²) in [7, 11) is 0. The van der Waals surface area contributed by atoms with Crippen LogP contribution in [0.25, 0.3) is 0 Å². The van der Waals surface area contributed by atoms with Gasteiger partial charge in [-0.15, -0.1) is 0 Å². The SMILES string of the molecule is Cc1cccc(C)c1NC(C)CC(C)Nc1c(C)cccc1CNC12CC3CC(CC(C3)C1)C2. The Morgan fingerprint density at radius 2 is 1.21 bits per heavy atom. The van der Waals surface area contributed by atoms with Gasteiger partial charge in [-0.05, 0) is 120 Å². The molecule has 4 fully saturated rings. The Bertz CT molecular complexity index is 954. The fraction of sp³-hybridized carbons (Fsp3) is 0.613. The lowest BCUT2D eigenvalue weighted by Gasteiger charge is -2.57. The Hall–Kier alpha value is -2.00. The van der Waals surface area contributed by atoms with Gasteiger partial charge in [0.2, 0.25) is 0 Å². The van der Waals surface area contributed by atoms with Gasteiger partial charge in [-0.1, -0.05) is 36.4 Å². The highest BCUT2D eigenvalue weighted by molar-refractivity contribution is 5.59. The fourth-order valence-electron chi connectivity index (χ4n) is 7.88. The number of para-hydroxylation sites is 2. The first-order valence-corrected chi connectivity index (χ1v) is 13.7. The maximum absolute atomic E-state index is 4.12. The highest BCUT2D eigenvalue weighted by Gasteiger charge is 2.50. The Kier molecular flexibility index (Phi) is 6.68. The number of anilines is 2. The van der Waals surface area contributed by atoms with Crippen molar-refractivity contribution in [2.45, 2.75) is 104 Å². The first-order chi connectivity index (χ1) is 16.3. The van der Waals surface area contributed by atoms with E-state index in [2.05, 4.69) is 87.0 Å². The van der Waals surface area contributed by atoms with Crippen LogP contribution in [0, 0.1) is 38.5 Å². The van der Waals surface area contributed by atoms with Gasteiger partial charge in [-0.25, -0.2) is 0 Å². The van der Waals surface area contributed by atoms with Crippen LogP contribution in [-0.4, -0.2) is 17.6 Å². The summed E-state index contributed by atoms with van der Waals surface area (Å²) in [5, 5.41) is 11.8. The van der Waals surface area contributed by atoms with Crippen LogP contribution >= 0.6 is 0 Å². The van der Waals surface area contributed by atoms with E-state index in [-0.39, 0.29) is 0 Å². The van der Waals surface area contributed by atoms with Gasteiger partial charge in [-0.2, -0.15) is 0 Å². The summed E-state index contributed by atoms with van der Waals surface area (Å²) < 4.78 is 0.